The minimum atomic E-state index is -0.965. The van der Waals surface area contributed by atoms with Crippen LogP contribution in [-0.4, -0.2) is 34.1 Å². The third-order valence-electron chi connectivity index (χ3n) is 3.22. The van der Waals surface area contributed by atoms with Crippen molar-refractivity contribution < 1.29 is 9.90 Å². The maximum atomic E-state index is 10.4. The van der Waals surface area contributed by atoms with E-state index in [2.05, 4.69) is 14.9 Å². The number of anilines is 1. The summed E-state index contributed by atoms with van der Waals surface area (Å²) in [6, 6.07) is 0. The monoisotopic (exact) mass is 261 g/mol. The van der Waals surface area contributed by atoms with Gasteiger partial charge in [-0.1, -0.05) is 19.3 Å². The van der Waals surface area contributed by atoms with Crippen LogP contribution in [0.5, 0.6) is 0 Å². The molecule has 1 aliphatic rings. The standard InChI is InChI=1S/C14H19N3O2/c18-13(19)7-6-12-10-15-14(16-11-12)17-8-4-2-1-3-5-9-17/h6-7,10-11H,1-5,8-9H2,(H,18,19)/b7-6+. The van der Waals surface area contributed by atoms with Crippen molar-refractivity contribution in [2.24, 2.45) is 0 Å². The molecule has 1 N–H and O–H groups in total. The van der Waals surface area contributed by atoms with E-state index in [9.17, 15) is 4.79 Å². The van der Waals surface area contributed by atoms with E-state index >= 15 is 0 Å². The van der Waals surface area contributed by atoms with Crippen LogP contribution in [0.3, 0.4) is 0 Å². The first-order valence-electron chi connectivity index (χ1n) is 6.74. The van der Waals surface area contributed by atoms with Crippen molar-refractivity contribution in [2.45, 2.75) is 32.1 Å². The fraction of sp³-hybridized carbons (Fsp3) is 0.500. The normalized spacial score (nSPS) is 17.2. The summed E-state index contributed by atoms with van der Waals surface area (Å²) in [6.07, 6.45) is 12.2. The Morgan fingerprint density at radius 3 is 2.26 bits per heavy atom. The van der Waals surface area contributed by atoms with Crippen LogP contribution in [-0.2, 0) is 4.79 Å². The molecule has 0 spiro atoms. The Hall–Kier alpha value is -1.91. The molecule has 2 rings (SSSR count). The van der Waals surface area contributed by atoms with Crippen LogP contribution in [0, 0.1) is 0 Å². The summed E-state index contributed by atoms with van der Waals surface area (Å²) in [5.41, 5.74) is 0.707. The van der Waals surface area contributed by atoms with Crippen molar-refractivity contribution in [2.75, 3.05) is 18.0 Å². The first kappa shape index (κ1) is 13.5. The first-order valence-corrected chi connectivity index (χ1v) is 6.74. The summed E-state index contributed by atoms with van der Waals surface area (Å²) < 4.78 is 0. The molecule has 1 aromatic rings. The molecule has 0 saturated carbocycles. The number of carboxylic acid groups (broad SMARTS) is 1. The van der Waals surface area contributed by atoms with Crippen LogP contribution in [0.4, 0.5) is 5.95 Å². The average molecular weight is 261 g/mol. The summed E-state index contributed by atoms with van der Waals surface area (Å²) in [6.45, 7) is 2.01. The highest BCUT2D eigenvalue weighted by Crippen LogP contribution is 2.15. The van der Waals surface area contributed by atoms with E-state index in [-0.39, 0.29) is 0 Å². The summed E-state index contributed by atoms with van der Waals surface area (Å²) in [5.74, 6) is -0.220. The van der Waals surface area contributed by atoms with Gasteiger partial charge in [0, 0.05) is 37.1 Å². The highest BCUT2D eigenvalue weighted by molar-refractivity contribution is 5.85. The van der Waals surface area contributed by atoms with Gasteiger partial charge in [-0.05, 0) is 18.9 Å². The molecule has 1 saturated heterocycles. The lowest BCUT2D eigenvalue weighted by Gasteiger charge is -2.24. The SMILES string of the molecule is O=C(O)/C=C/c1cnc(N2CCCCCCC2)nc1. The third kappa shape index (κ3) is 4.35. The second-order valence-electron chi connectivity index (χ2n) is 4.74. The molecular weight excluding hydrogens is 242 g/mol. The molecule has 0 radical (unpaired) electrons. The second kappa shape index (κ2) is 6.87. The smallest absolute Gasteiger partial charge is 0.328 e. The summed E-state index contributed by atoms with van der Waals surface area (Å²) >= 11 is 0. The summed E-state index contributed by atoms with van der Waals surface area (Å²) in [7, 11) is 0. The van der Waals surface area contributed by atoms with Gasteiger partial charge in [0.25, 0.3) is 0 Å². The van der Waals surface area contributed by atoms with Gasteiger partial charge in [0.1, 0.15) is 0 Å². The third-order valence-corrected chi connectivity index (χ3v) is 3.22. The molecule has 1 aliphatic heterocycles. The van der Waals surface area contributed by atoms with E-state index in [4.69, 9.17) is 5.11 Å². The van der Waals surface area contributed by atoms with Crippen molar-refractivity contribution >= 4 is 18.0 Å². The van der Waals surface area contributed by atoms with Gasteiger partial charge < -0.3 is 10.0 Å². The van der Waals surface area contributed by atoms with Crippen LogP contribution in [0.2, 0.25) is 0 Å². The number of hydrogen-bond donors (Lipinski definition) is 1. The van der Waals surface area contributed by atoms with E-state index in [1.54, 1.807) is 12.4 Å². The number of carbonyl (C=O) groups is 1. The summed E-state index contributed by atoms with van der Waals surface area (Å²) in [4.78, 5) is 21.3. The number of carboxylic acids is 1. The molecule has 1 fully saturated rings. The van der Waals surface area contributed by atoms with Crippen LogP contribution < -0.4 is 4.90 Å². The maximum absolute atomic E-state index is 10.4. The molecular formula is C14H19N3O2. The Balaban J connectivity index is 2.01. The molecule has 19 heavy (non-hydrogen) atoms. The van der Waals surface area contributed by atoms with E-state index in [0.29, 0.717) is 5.56 Å². The molecule has 102 valence electrons. The van der Waals surface area contributed by atoms with Crippen molar-refractivity contribution in [1.82, 2.24) is 9.97 Å². The van der Waals surface area contributed by atoms with Crippen LogP contribution in [0.15, 0.2) is 18.5 Å². The minimum absolute atomic E-state index is 0.707. The predicted octanol–water partition coefficient (Wildman–Crippen LogP) is 2.34. The van der Waals surface area contributed by atoms with Gasteiger partial charge in [0.05, 0.1) is 0 Å². The van der Waals surface area contributed by atoms with Crippen molar-refractivity contribution in [1.29, 1.82) is 0 Å². The van der Waals surface area contributed by atoms with Crippen molar-refractivity contribution in [3.8, 4) is 0 Å². The van der Waals surface area contributed by atoms with E-state index < -0.39 is 5.97 Å². The molecule has 0 atom stereocenters. The highest BCUT2D eigenvalue weighted by atomic mass is 16.4. The van der Waals surface area contributed by atoms with Crippen molar-refractivity contribution in [3.63, 3.8) is 0 Å². The van der Waals surface area contributed by atoms with Gasteiger partial charge in [-0.25, -0.2) is 14.8 Å². The molecule has 2 heterocycles. The minimum Gasteiger partial charge on any atom is -0.478 e. The van der Waals surface area contributed by atoms with Gasteiger partial charge in [-0.3, -0.25) is 0 Å². The fourth-order valence-electron chi connectivity index (χ4n) is 2.20. The number of aliphatic carboxylic acids is 1. The highest BCUT2D eigenvalue weighted by Gasteiger charge is 2.10. The van der Waals surface area contributed by atoms with Gasteiger partial charge in [0.15, 0.2) is 0 Å². The molecule has 0 amide bonds. The lowest BCUT2D eigenvalue weighted by Crippen LogP contribution is -2.28. The summed E-state index contributed by atoms with van der Waals surface area (Å²) in [5, 5.41) is 8.56. The Morgan fingerprint density at radius 1 is 1.11 bits per heavy atom. The largest absolute Gasteiger partial charge is 0.478 e. The quantitative estimate of drug-likeness (QED) is 0.846. The van der Waals surface area contributed by atoms with Gasteiger partial charge in [-0.15, -0.1) is 0 Å². The number of rotatable bonds is 3. The second-order valence-corrected chi connectivity index (χ2v) is 4.74. The molecule has 5 heteroatoms. The van der Waals surface area contributed by atoms with Crippen LogP contribution >= 0.6 is 0 Å². The molecule has 0 aliphatic carbocycles. The topological polar surface area (TPSA) is 66.3 Å². The Labute approximate surface area is 113 Å². The number of nitrogens with zero attached hydrogens (tertiary/aromatic N) is 3. The Kier molecular flexibility index (Phi) is 4.89. The Bertz CT molecular complexity index is 435. The van der Waals surface area contributed by atoms with Gasteiger partial charge in [0.2, 0.25) is 5.95 Å². The van der Waals surface area contributed by atoms with Gasteiger partial charge >= 0.3 is 5.97 Å². The first-order chi connectivity index (χ1) is 9.25. The molecule has 1 aromatic heterocycles. The van der Waals surface area contributed by atoms with Gasteiger partial charge in [-0.2, -0.15) is 0 Å². The molecule has 0 unspecified atom stereocenters. The lowest BCUT2D eigenvalue weighted by atomic mass is 10.1. The molecule has 0 bridgehead atoms. The zero-order valence-electron chi connectivity index (χ0n) is 11.0. The maximum Gasteiger partial charge on any atom is 0.328 e. The van der Waals surface area contributed by atoms with E-state index in [0.717, 1.165) is 25.1 Å². The predicted molar refractivity (Wildman–Crippen MR) is 74.0 cm³/mol. The van der Waals surface area contributed by atoms with Crippen LogP contribution in [0.1, 0.15) is 37.7 Å². The number of aromatic nitrogens is 2. The molecule has 5 nitrogen and oxygen atoms in total. The average Bonchev–Trinajstić information content (AvgIpc) is 2.37. The van der Waals surface area contributed by atoms with Crippen molar-refractivity contribution in [3.05, 3.63) is 24.0 Å². The zero-order valence-corrected chi connectivity index (χ0v) is 11.0. The van der Waals surface area contributed by atoms with E-state index in [1.165, 1.54) is 38.2 Å². The molecule has 0 aromatic carbocycles. The fourth-order valence-corrected chi connectivity index (χ4v) is 2.20. The Morgan fingerprint density at radius 2 is 1.68 bits per heavy atom. The number of hydrogen-bond acceptors (Lipinski definition) is 4. The van der Waals surface area contributed by atoms with Crippen LogP contribution in [0.25, 0.3) is 6.08 Å². The lowest BCUT2D eigenvalue weighted by molar-refractivity contribution is -0.131. The van der Waals surface area contributed by atoms with E-state index in [1.807, 2.05) is 0 Å². The zero-order chi connectivity index (χ0) is 13.5.